The van der Waals surface area contributed by atoms with Crippen LogP contribution < -0.4 is 0 Å². The molecule has 0 aliphatic carbocycles. The highest BCUT2D eigenvalue weighted by Crippen LogP contribution is 2.11. The molecule has 0 bridgehead atoms. The van der Waals surface area contributed by atoms with Crippen molar-refractivity contribution in [2.24, 2.45) is 0 Å². The van der Waals surface area contributed by atoms with Crippen LogP contribution >= 0.6 is 0 Å². The van der Waals surface area contributed by atoms with Gasteiger partial charge in [0.05, 0.1) is 13.2 Å². The molecule has 0 radical (unpaired) electrons. The van der Waals surface area contributed by atoms with Gasteiger partial charge >= 0.3 is 0 Å². The zero-order valence-corrected chi connectivity index (χ0v) is 24.7. The summed E-state index contributed by atoms with van der Waals surface area (Å²) < 4.78 is 5.21. The van der Waals surface area contributed by atoms with E-state index in [1.165, 1.54) is 58.3 Å². The van der Waals surface area contributed by atoms with Gasteiger partial charge in [-0.05, 0) is 93.4 Å². The quantitative estimate of drug-likeness (QED) is 0.414. The van der Waals surface area contributed by atoms with Crippen molar-refractivity contribution in [2.75, 3.05) is 52.5 Å². The molecule has 3 fully saturated rings. The van der Waals surface area contributed by atoms with E-state index in [0.717, 1.165) is 38.4 Å². The monoisotopic (exact) mass is 476 g/mol. The van der Waals surface area contributed by atoms with Gasteiger partial charge in [-0.15, -0.1) is 0 Å². The molecule has 206 valence electrons. The molecule has 0 saturated carbocycles. The molecule has 0 aromatic carbocycles. The minimum Gasteiger partial charge on any atom is -0.379 e. The van der Waals surface area contributed by atoms with Crippen molar-refractivity contribution in [1.82, 2.24) is 14.7 Å². The molecule has 0 unspecified atom stereocenters. The summed E-state index contributed by atoms with van der Waals surface area (Å²) in [6.45, 7) is 34.9. The number of nitrogens with zero attached hydrogens (tertiary/aromatic N) is 3. The predicted molar refractivity (Wildman–Crippen MR) is 155 cm³/mol. The zero-order valence-electron chi connectivity index (χ0n) is 24.7. The van der Waals surface area contributed by atoms with Crippen LogP contribution in [0.1, 0.15) is 123 Å². The summed E-state index contributed by atoms with van der Waals surface area (Å²) in [5, 5.41) is 0. The Balaban J connectivity index is -0.000000169. The van der Waals surface area contributed by atoms with Crippen molar-refractivity contribution in [3.8, 4) is 0 Å². The molecule has 4 nitrogen and oxygen atoms in total. The smallest absolute Gasteiger partial charge is 0.0594 e. The van der Waals surface area contributed by atoms with E-state index < -0.39 is 0 Å². The van der Waals surface area contributed by atoms with Crippen molar-refractivity contribution >= 4 is 0 Å². The summed E-state index contributed by atoms with van der Waals surface area (Å²) in [6, 6.07) is 2.23. The first-order valence-corrected chi connectivity index (χ1v) is 14.2. The Bertz CT molecular complexity index is 295. The van der Waals surface area contributed by atoms with E-state index in [9.17, 15) is 0 Å². The Morgan fingerprint density at radius 1 is 0.424 bits per heavy atom. The van der Waals surface area contributed by atoms with Crippen LogP contribution in [0.2, 0.25) is 0 Å². The number of piperidine rings is 1. The number of hydrogen-bond acceptors (Lipinski definition) is 4. The lowest BCUT2D eigenvalue weighted by Crippen LogP contribution is -2.40. The normalized spacial score (nSPS) is 18.6. The Kier molecular flexibility index (Phi) is 36.2. The Hall–Kier alpha value is -0.160. The first-order valence-electron chi connectivity index (χ1n) is 14.2. The standard InChI is InChI=1S/C8H17N.C7H15NO.C7H15N.3C2H6.CH4/c1-8(2)9-6-4-3-5-7-9;1-7(2)8-3-5-9-6-4-8;1-7(2)8-5-3-4-6-8;3*1-2;/h8H,3-7H2,1-2H3;7H,3-6H2,1-2H3;7H,3-6H2,1-2H3;3*1-2H3;1H4. The largest absolute Gasteiger partial charge is 0.379 e. The van der Waals surface area contributed by atoms with Crippen molar-refractivity contribution < 1.29 is 4.74 Å². The summed E-state index contributed by atoms with van der Waals surface area (Å²) in [7, 11) is 0. The SMILES string of the molecule is C.CC.CC.CC.CC(C)N1CCCC1.CC(C)N1CCCCC1.CC(C)N1CCOCC1. The van der Waals surface area contributed by atoms with Crippen molar-refractivity contribution in [1.29, 1.82) is 0 Å². The Morgan fingerprint density at radius 3 is 0.879 bits per heavy atom. The molecule has 0 amide bonds. The molecule has 0 atom stereocenters. The third-order valence-corrected chi connectivity index (χ3v) is 5.77. The van der Waals surface area contributed by atoms with Gasteiger partial charge in [0.2, 0.25) is 0 Å². The highest BCUT2D eigenvalue weighted by atomic mass is 16.5. The molecule has 3 saturated heterocycles. The minimum absolute atomic E-state index is 0. The molecule has 0 spiro atoms. The summed E-state index contributed by atoms with van der Waals surface area (Å²) in [5.74, 6) is 0. The average molecular weight is 476 g/mol. The molecule has 3 aliphatic heterocycles. The van der Waals surface area contributed by atoms with E-state index >= 15 is 0 Å². The van der Waals surface area contributed by atoms with Crippen LogP contribution in [0.4, 0.5) is 0 Å². The van der Waals surface area contributed by atoms with Crippen LogP contribution in [0.3, 0.4) is 0 Å². The van der Waals surface area contributed by atoms with Crippen LogP contribution in [-0.4, -0.2) is 85.3 Å². The molecular formula is C29H69N3O. The van der Waals surface area contributed by atoms with Crippen molar-refractivity contribution in [2.45, 2.75) is 141 Å². The zero-order chi connectivity index (χ0) is 25.4. The fraction of sp³-hybridized carbons (Fsp3) is 1.00. The van der Waals surface area contributed by atoms with Crippen molar-refractivity contribution in [3.05, 3.63) is 0 Å². The number of morpholine rings is 1. The van der Waals surface area contributed by atoms with Crippen LogP contribution in [0.5, 0.6) is 0 Å². The molecule has 3 aliphatic rings. The van der Waals surface area contributed by atoms with E-state index in [0.29, 0.717) is 6.04 Å². The van der Waals surface area contributed by atoms with Crippen LogP contribution in [0.15, 0.2) is 0 Å². The van der Waals surface area contributed by atoms with E-state index in [1.54, 1.807) is 0 Å². The molecule has 0 aromatic rings. The first kappa shape index (κ1) is 40.0. The summed E-state index contributed by atoms with van der Waals surface area (Å²) in [5.41, 5.74) is 0. The third-order valence-electron chi connectivity index (χ3n) is 5.77. The van der Waals surface area contributed by atoms with Gasteiger partial charge in [-0.1, -0.05) is 55.4 Å². The van der Waals surface area contributed by atoms with Crippen LogP contribution in [0.25, 0.3) is 0 Å². The minimum atomic E-state index is 0. The number of rotatable bonds is 3. The second kappa shape index (κ2) is 29.9. The van der Waals surface area contributed by atoms with E-state index in [2.05, 4.69) is 56.2 Å². The van der Waals surface area contributed by atoms with Gasteiger partial charge in [0, 0.05) is 31.2 Å². The van der Waals surface area contributed by atoms with Gasteiger partial charge in [-0.2, -0.15) is 0 Å². The van der Waals surface area contributed by atoms with Gasteiger partial charge in [-0.3, -0.25) is 4.90 Å². The molecule has 3 rings (SSSR count). The fourth-order valence-corrected chi connectivity index (χ4v) is 3.79. The van der Waals surface area contributed by atoms with E-state index in [-0.39, 0.29) is 7.43 Å². The van der Waals surface area contributed by atoms with Gasteiger partial charge in [0.15, 0.2) is 0 Å². The molecule has 0 N–H and O–H groups in total. The average Bonchev–Trinajstić information content (AvgIpc) is 3.41. The van der Waals surface area contributed by atoms with Gasteiger partial charge < -0.3 is 14.5 Å². The fourth-order valence-electron chi connectivity index (χ4n) is 3.79. The summed E-state index contributed by atoms with van der Waals surface area (Å²) >= 11 is 0. The van der Waals surface area contributed by atoms with Gasteiger partial charge in [0.1, 0.15) is 0 Å². The molecule has 4 heteroatoms. The third kappa shape index (κ3) is 23.4. The van der Waals surface area contributed by atoms with E-state index in [1.807, 2.05) is 41.5 Å². The summed E-state index contributed by atoms with van der Waals surface area (Å²) in [4.78, 5) is 7.52. The molecule has 0 aromatic heterocycles. The molecular weight excluding hydrogens is 406 g/mol. The maximum absolute atomic E-state index is 5.21. The second-order valence-electron chi connectivity index (χ2n) is 8.77. The van der Waals surface area contributed by atoms with Crippen molar-refractivity contribution in [3.63, 3.8) is 0 Å². The Morgan fingerprint density at radius 2 is 0.667 bits per heavy atom. The van der Waals surface area contributed by atoms with Gasteiger partial charge in [0.25, 0.3) is 0 Å². The van der Waals surface area contributed by atoms with Crippen LogP contribution in [0, 0.1) is 0 Å². The predicted octanol–water partition coefficient (Wildman–Crippen LogP) is 7.81. The maximum Gasteiger partial charge on any atom is 0.0594 e. The second-order valence-corrected chi connectivity index (χ2v) is 8.77. The maximum atomic E-state index is 5.21. The first-order chi connectivity index (χ1) is 15.4. The summed E-state index contributed by atoms with van der Waals surface area (Å²) in [6.07, 6.45) is 7.11. The number of hydrogen-bond donors (Lipinski definition) is 0. The van der Waals surface area contributed by atoms with Crippen LogP contribution in [-0.2, 0) is 4.74 Å². The number of ether oxygens (including phenoxy) is 1. The lowest BCUT2D eigenvalue weighted by molar-refractivity contribution is 0.0238. The Labute approximate surface area is 212 Å². The van der Waals surface area contributed by atoms with Gasteiger partial charge in [-0.25, -0.2) is 0 Å². The number of likely N-dealkylation sites (tertiary alicyclic amines) is 2. The van der Waals surface area contributed by atoms with E-state index in [4.69, 9.17) is 4.74 Å². The highest BCUT2D eigenvalue weighted by molar-refractivity contribution is 4.69. The lowest BCUT2D eigenvalue weighted by Gasteiger charge is -2.29. The molecule has 3 heterocycles. The molecule has 33 heavy (non-hydrogen) atoms. The highest BCUT2D eigenvalue weighted by Gasteiger charge is 2.13. The lowest BCUT2D eigenvalue weighted by atomic mass is 10.1. The topological polar surface area (TPSA) is 19.0 Å².